The SMILES string of the molecule is CCCCCC(Cn1ccnn1)Cn1cnnn1. The van der Waals surface area contributed by atoms with Crippen LogP contribution in [0.5, 0.6) is 0 Å². The topological polar surface area (TPSA) is 74.3 Å². The highest BCUT2D eigenvalue weighted by molar-refractivity contribution is 4.68. The summed E-state index contributed by atoms with van der Waals surface area (Å²) in [6.07, 6.45) is 10.2. The van der Waals surface area contributed by atoms with Crippen LogP contribution in [0.2, 0.25) is 0 Å². The van der Waals surface area contributed by atoms with E-state index in [2.05, 4.69) is 32.8 Å². The second kappa shape index (κ2) is 6.83. The zero-order valence-corrected chi connectivity index (χ0v) is 10.7. The molecule has 1 atom stereocenters. The second-order valence-electron chi connectivity index (χ2n) is 4.52. The van der Waals surface area contributed by atoms with Crippen LogP contribution in [-0.2, 0) is 13.1 Å². The lowest BCUT2D eigenvalue weighted by Crippen LogP contribution is -2.18. The number of hydrogen-bond acceptors (Lipinski definition) is 5. The average molecular weight is 249 g/mol. The van der Waals surface area contributed by atoms with Crippen molar-refractivity contribution in [2.75, 3.05) is 0 Å². The van der Waals surface area contributed by atoms with E-state index in [1.165, 1.54) is 19.3 Å². The minimum absolute atomic E-state index is 0.488. The summed E-state index contributed by atoms with van der Waals surface area (Å²) >= 11 is 0. The standard InChI is InChI=1S/C11H19N7/c1-2-3-4-5-11(8-17-7-6-12-15-17)9-18-10-13-14-16-18/h6-7,10-11H,2-5,8-9H2,1H3. The van der Waals surface area contributed by atoms with Crippen molar-refractivity contribution in [3.8, 4) is 0 Å². The highest BCUT2D eigenvalue weighted by Gasteiger charge is 2.11. The van der Waals surface area contributed by atoms with Crippen molar-refractivity contribution in [3.05, 3.63) is 18.7 Å². The minimum Gasteiger partial charge on any atom is -0.252 e. The fraction of sp³-hybridized carbons (Fsp3) is 0.727. The Balaban J connectivity index is 1.89. The smallest absolute Gasteiger partial charge is 0.138 e. The molecule has 0 bridgehead atoms. The molecule has 0 saturated carbocycles. The lowest BCUT2D eigenvalue weighted by molar-refractivity contribution is 0.317. The Hall–Kier alpha value is -1.79. The molecule has 0 spiro atoms. The molecule has 0 saturated heterocycles. The van der Waals surface area contributed by atoms with Gasteiger partial charge in [0.2, 0.25) is 0 Å². The van der Waals surface area contributed by atoms with Gasteiger partial charge < -0.3 is 0 Å². The first-order valence-electron chi connectivity index (χ1n) is 6.43. The summed E-state index contributed by atoms with van der Waals surface area (Å²) in [6, 6.07) is 0. The van der Waals surface area contributed by atoms with Crippen molar-refractivity contribution in [2.45, 2.75) is 45.7 Å². The summed E-state index contributed by atoms with van der Waals surface area (Å²) in [6.45, 7) is 3.91. The first kappa shape index (κ1) is 12.7. The van der Waals surface area contributed by atoms with Gasteiger partial charge in [0.1, 0.15) is 6.33 Å². The molecule has 98 valence electrons. The highest BCUT2D eigenvalue weighted by atomic mass is 15.5. The highest BCUT2D eigenvalue weighted by Crippen LogP contribution is 2.13. The molecule has 2 heterocycles. The van der Waals surface area contributed by atoms with Crippen molar-refractivity contribution >= 4 is 0 Å². The van der Waals surface area contributed by atoms with Crippen LogP contribution in [-0.4, -0.2) is 35.2 Å². The Kier molecular flexibility index (Phi) is 4.80. The molecule has 0 aromatic carbocycles. The van der Waals surface area contributed by atoms with E-state index in [4.69, 9.17) is 0 Å². The van der Waals surface area contributed by atoms with E-state index in [9.17, 15) is 0 Å². The third kappa shape index (κ3) is 3.90. The van der Waals surface area contributed by atoms with Gasteiger partial charge in [0.25, 0.3) is 0 Å². The van der Waals surface area contributed by atoms with E-state index >= 15 is 0 Å². The van der Waals surface area contributed by atoms with Gasteiger partial charge >= 0.3 is 0 Å². The lowest BCUT2D eigenvalue weighted by atomic mass is 10.0. The third-order valence-corrected chi connectivity index (χ3v) is 2.97. The van der Waals surface area contributed by atoms with Gasteiger partial charge in [-0.1, -0.05) is 31.4 Å². The van der Waals surface area contributed by atoms with Crippen LogP contribution in [0.3, 0.4) is 0 Å². The van der Waals surface area contributed by atoms with Crippen LogP contribution >= 0.6 is 0 Å². The van der Waals surface area contributed by atoms with E-state index < -0.39 is 0 Å². The lowest BCUT2D eigenvalue weighted by Gasteiger charge is -2.15. The molecule has 2 aromatic rings. The molecule has 18 heavy (non-hydrogen) atoms. The first-order chi connectivity index (χ1) is 8.88. The molecule has 0 radical (unpaired) electrons. The Morgan fingerprint density at radius 1 is 1.06 bits per heavy atom. The van der Waals surface area contributed by atoms with Crippen LogP contribution in [0.1, 0.15) is 32.6 Å². The van der Waals surface area contributed by atoms with Gasteiger partial charge in [-0.2, -0.15) is 0 Å². The summed E-state index contributed by atoms with van der Waals surface area (Å²) in [5, 5.41) is 19.1. The molecule has 7 nitrogen and oxygen atoms in total. The Morgan fingerprint density at radius 3 is 2.61 bits per heavy atom. The Bertz CT molecular complexity index is 372. The van der Waals surface area contributed by atoms with Gasteiger partial charge in [-0.3, -0.25) is 4.68 Å². The summed E-state index contributed by atoms with van der Waals surface area (Å²) < 4.78 is 3.66. The van der Waals surface area contributed by atoms with Crippen LogP contribution in [0, 0.1) is 5.92 Å². The predicted molar refractivity (Wildman–Crippen MR) is 65.5 cm³/mol. The van der Waals surface area contributed by atoms with Crippen molar-refractivity contribution in [1.82, 2.24) is 35.2 Å². The number of aromatic nitrogens is 7. The van der Waals surface area contributed by atoms with E-state index in [1.54, 1.807) is 17.2 Å². The first-order valence-corrected chi connectivity index (χ1v) is 6.43. The maximum atomic E-state index is 4.02. The van der Waals surface area contributed by atoms with Gasteiger partial charge in [0, 0.05) is 19.3 Å². The molecule has 1 unspecified atom stereocenters. The largest absolute Gasteiger partial charge is 0.252 e. The number of nitrogens with zero attached hydrogens (tertiary/aromatic N) is 7. The zero-order chi connectivity index (χ0) is 12.6. The molecule has 0 aliphatic heterocycles. The molecule has 0 aliphatic carbocycles. The van der Waals surface area contributed by atoms with E-state index in [1.807, 2.05) is 10.9 Å². The maximum Gasteiger partial charge on any atom is 0.138 e. The minimum atomic E-state index is 0.488. The summed E-state index contributed by atoms with van der Waals surface area (Å²) in [5.74, 6) is 0.488. The van der Waals surface area contributed by atoms with Crippen molar-refractivity contribution in [3.63, 3.8) is 0 Å². The normalized spacial score (nSPS) is 12.7. The molecular weight excluding hydrogens is 230 g/mol. The zero-order valence-electron chi connectivity index (χ0n) is 10.7. The molecule has 0 aliphatic rings. The predicted octanol–water partition coefficient (Wildman–Crippen LogP) is 1.16. The van der Waals surface area contributed by atoms with Gasteiger partial charge in [-0.15, -0.1) is 10.2 Å². The summed E-state index contributed by atoms with van der Waals surface area (Å²) in [7, 11) is 0. The number of unbranched alkanes of at least 4 members (excludes halogenated alkanes) is 2. The van der Waals surface area contributed by atoms with Crippen molar-refractivity contribution < 1.29 is 0 Å². The molecule has 0 fully saturated rings. The van der Waals surface area contributed by atoms with E-state index in [0.29, 0.717) is 5.92 Å². The Labute approximate surface area is 106 Å². The van der Waals surface area contributed by atoms with Gasteiger partial charge in [-0.25, -0.2) is 4.68 Å². The molecular formula is C11H19N7. The monoisotopic (exact) mass is 249 g/mol. The van der Waals surface area contributed by atoms with Gasteiger partial charge in [0.15, 0.2) is 0 Å². The molecule has 7 heteroatoms. The third-order valence-electron chi connectivity index (χ3n) is 2.97. The number of hydrogen-bond donors (Lipinski definition) is 0. The Morgan fingerprint density at radius 2 is 1.94 bits per heavy atom. The fourth-order valence-corrected chi connectivity index (χ4v) is 2.05. The van der Waals surface area contributed by atoms with Crippen molar-refractivity contribution in [1.29, 1.82) is 0 Å². The molecule has 0 amide bonds. The average Bonchev–Trinajstić information content (AvgIpc) is 3.02. The van der Waals surface area contributed by atoms with Crippen LogP contribution in [0.15, 0.2) is 18.7 Å². The molecule has 2 rings (SSSR count). The number of rotatable bonds is 8. The summed E-state index contributed by atoms with van der Waals surface area (Å²) in [4.78, 5) is 0. The van der Waals surface area contributed by atoms with Gasteiger partial charge in [0.05, 0.1) is 6.20 Å². The number of tetrazole rings is 1. The van der Waals surface area contributed by atoms with Crippen LogP contribution < -0.4 is 0 Å². The van der Waals surface area contributed by atoms with Crippen LogP contribution in [0.4, 0.5) is 0 Å². The van der Waals surface area contributed by atoms with E-state index in [-0.39, 0.29) is 0 Å². The van der Waals surface area contributed by atoms with Crippen LogP contribution in [0.25, 0.3) is 0 Å². The second-order valence-corrected chi connectivity index (χ2v) is 4.52. The molecule has 2 aromatic heterocycles. The maximum absolute atomic E-state index is 4.02. The summed E-state index contributed by atoms with van der Waals surface area (Å²) in [5.41, 5.74) is 0. The van der Waals surface area contributed by atoms with Gasteiger partial charge in [-0.05, 0) is 22.8 Å². The van der Waals surface area contributed by atoms with E-state index in [0.717, 1.165) is 19.5 Å². The fourth-order valence-electron chi connectivity index (χ4n) is 2.05. The molecule has 0 N–H and O–H groups in total. The van der Waals surface area contributed by atoms with Crippen molar-refractivity contribution in [2.24, 2.45) is 5.92 Å². The quantitative estimate of drug-likeness (QED) is 0.656.